The van der Waals surface area contributed by atoms with Crippen LogP contribution in [0.25, 0.3) is 0 Å². The van der Waals surface area contributed by atoms with Gasteiger partial charge in [-0.05, 0) is 19.2 Å². The normalized spacial score (nSPS) is 9.23. The fourth-order valence-electron chi connectivity index (χ4n) is 0.912. The summed E-state index contributed by atoms with van der Waals surface area (Å²) in [5, 5.41) is 14.7. The summed E-state index contributed by atoms with van der Waals surface area (Å²) in [6.07, 6.45) is 1.63. The molecule has 4 nitrogen and oxygen atoms in total. The summed E-state index contributed by atoms with van der Waals surface area (Å²) in [5.41, 5.74) is 0.627. The smallest absolute Gasteiger partial charge is 0.127 e. The molecule has 0 spiro atoms. The number of hydrogen-bond donors (Lipinski definition) is 2. The summed E-state index contributed by atoms with van der Waals surface area (Å²) in [7, 11) is 1.89. The molecule has 2 N–H and O–H groups in total. The molecule has 0 radical (unpaired) electrons. The fraction of sp³-hybridized carbons (Fsp3) is 0.333. The number of aromatic nitrogens is 1. The lowest BCUT2D eigenvalue weighted by atomic mass is 10.3. The summed E-state index contributed by atoms with van der Waals surface area (Å²) < 4.78 is 0. The molecule has 68 valence electrons. The Hall–Kier alpha value is -1.60. The van der Waals surface area contributed by atoms with E-state index in [1.165, 1.54) is 0 Å². The predicted molar refractivity (Wildman–Crippen MR) is 51.4 cm³/mol. The largest absolute Gasteiger partial charge is 0.369 e. The zero-order chi connectivity index (χ0) is 9.52. The van der Waals surface area contributed by atoms with Crippen LogP contribution in [-0.2, 0) is 0 Å². The van der Waals surface area contributed by atoms with Gasteiger partial charge in [0.25, 0.3) is 0 Å². The minimum absolute atomic E-state index is 0.627. The standard InChI is InChI=1S/C9H12N4/c1-11-4-5-13-9-6-8(7-10)2-3-12-9/h2-3,6,11H,4-5H2,1H3,(H,12,13). The monoisotopic (exact) mass is 176 g/mol. The third-order valence-electron chi connectivity index (χ3n) is 1.57. The average Bonchev–Trinajstić information content (AvgIpc) is 2.19. The van der Waals surface area contributed by atoms with Gasteiger partial charge >= 0.3 is 0 Å². The average molecular weight is 176 g/mol. The second kappa shape index (κ2) is 5.12. The van der Waals surface area contributed by atoms with Crippen LogP contribution in [0, 0.1) is 11.3 Å². The molecule has 0 aromatic carbocycles. The van der Waals surface area contributed by atoms with Gasteiger partial charge in [0.1, 0.15) is 5.82 Å². The molecular weight excluding hydrogens is 164 g/mol. The molecule has 13 heavy (non-hydrogen) atoms. The van der Waals surface area contributed by atoms with E-state index in [2.05, 4.69) is 21.7 Å². The highest BCUT2D eigenvalue weighted by molar-refractivity contribution is 5.42. The molecule has 0 atom stereocenters. The lowest BCUT2D eigenvalue weighted by molar-refractivity contribution is 0.821. The Bertz CT molecular complexity index is 303. The maximum absolute atomic E-state index is 8.62. The minimum Gasteiger partial charge on any atom is -0.369 e. The van der Waals surface area contributed by atoms with Crippen molar-refractivity contribution in [3.63, 3.8) is 0 Å². The van der Waals surface area contributed by atoms with Crippen LogP contribution < -0.4 is 10.6 Å². The molecule has 1 heterocycles. The molecule has 0 amide bonds. The molecule has 1 aromatic heterocycles. The Morgan fingerprint density at radius 1 is 1.54 bits per heavy atom. The number of likely N-dealkylation sites (N-methyl/N-ethyl adjacent to an activating group) is 1. The van der Waals surface area contributed by atoms with E-state index in [1.54, 1.807) is 18.3 Å². The summed E-state index contributed by atoms with van der Waals surface area (Å²) in [6, 6.07) is 5.48. The van der Waals surface area contributed by atoms with Crippen molar-refractivity contribution in [1.82, 2.24) is 10.3 Å². The van der Waals surface area contributed by atoms with E-state index < -0.39 is 0 Å². The Kier molecular flexibility index (Phi) is 3.74. The Morgan fingerprint density at radius 2 is 2.38 bits per heavy atom. The van der Waals surface area contributed by atoms with E-state index in [0.29, 0.717) is 5.56 Å². The van der Waals surface area contributed by atoms with Gasteiger partial charge in [-0.2, -0.15) is 5.26 Å². The zero-order valence-electron chi connectivity index (χ0n) is 7.54. The van der Waals surface area contributed by atoms with Crippen molar-refractivity contribution >= 4 is 5.82 Å². The van der Waals surface area contributed by atoms with E-state index in [9.17, 15) is 0 Å². The van der Waals surface area contributed by atoms with Crippen LogP contribution in [-0.4, -0.2) is 25.1 Å². The number of rotatable bonds is 4. The van der Waals surface area contributed by atoms with Gasteiger partial charge in [0.05, 0.1) is 11.6 Å². The van der Waals surface area contributed by atoms with Gasteiger partial charge in [-0.1, -0.05) is 0 Å². The Morgan fingerprint density at radius 3 is 3.08 bits per heavy atom. The van der Waals surface area contributed by atoms with E-state index in [1.807, 2.05) is 7.05 Å². The van der Waals surface area contributed by atoms with Crippen molar-refractivity contribution in [2.45, 2.75) is 0 Å². The highest BCUT2D eigenvalue weighted by atomic mass is 15.0. The molecule has 0 fully saturated rings. The summed E-state index contributed by atoms with van der Waals surface area (Å²) >= 11 is 0. The van der Waals surface area contributed by atoms with Crippen LogP contribution in [0.4, 0.5) is 5.82 Å². The van der Waals surface area contributed by atoms with Crippen LogP contribution in [0.3, 0.4) is 0 Å². The second-order valence-corrected chi connectivity index (χ2v) is 2.57. The molecule has 0 bridgehead atoms. The number of nitrogens with zero attached hydrogens (tertiary/aromatic N) is 2. The van der Waals surface area contributed by atoms with E-state index in [-0.39, 0.29) is 0 Å². The van der Waals surface area contributed by atoms with Crippen LogP contribution in [0.5, 0.6) is 0 Å². The lowest BCUT2D eigenvalue weighted by Gasteiger charge is -2.03. The van der Waals surface area contributed by atoms with Crippen molar-refractivity contribution in [3.05, 3.63) is 23.9 Å². The van der Waals surface area contributed by atoms with Gasteiger partial charge in [-0.3, -0.25) is 0 Å². The zero-order valence-corrected chi connectivity index (χ0v) is 7.54. The predicted octanol–water partition coefficient (Wildman–Crippen LogP) is 0.585. The molecule has 4 heteroatoms. The topological polar surface area (TPSA) is 60.7 Å². The third kappa shape index (κ3) is 3.09. The Balaban J connectivity index is 2.52. The van der Waals surface area contributed by atoms with Gasteiger partial charge in [-0.15, -0.1) is 0 Å². The molecule has 1 aromatic rings. The maximum atomic E-state index is 8.62. The second-order valence-electron chi connectivity index (χ2n) is 2.57. The van der Waals surface area contributed by atoms with Crippen LogP contribution >= 0.6 is 0 Å². The van der Waals surface area contributed by atoms with Gasteiger partial charge in [0.2, 0.25) is 0 Å². The van der Waals surface area contributed by atoms with Crippen LogP contribution in [0.1, 0.15) is 5.56 Å². The molecule has 0 saturated heterocycles. The summed E-state index contributed by atoms with van der Waals surface area (Å²) in [5.74, 6) is 0.745. The van der Waals surface area contributed by atoms with E-state index in [4.69, 9.17) is 5.26 Å². The number of hydrogen-bond acceptors (Lipinski definition) is 4. The van der Waals surface area contributed by atoms with Crippen LogP contribution in [0.2, 0.25) is 0 Å². The van der Waals surface area contributed by atoms with Gasteiger partial charge in [0.15, 0.2) is 0 Å². The van der Waals surface area contributed by atoms with Crippen molar-refractivity contribution in [3.8, 4) is 6.07 Å². The number of pyridine rings is 1. The van der Waals surface area contributed by atoms with Crippen molar-refractivity contribution in [1.29, 1.82) is 5.26 Å². The van der Waals surface area contributed by atoms with Crippen LogP contribution in [0.15, 0.2) is 18.3 Å². The molecule has 0 aliphatic carbocycles. The summed E-state index contributed by atoms with van der Waals surface area (Å²) in [6.45, 7) is 1.68. The molecule has 1 rings (SSSR count). The molecule has 0 aliphatic heterocycles. The lowest BCUT2D eigenvalue weighted by Crippen LogP contribution is -2.18. The first kappa shape index (κ1) is 9.49. The highest BCUT2D eigenvalue weighted by Crippen LogP contribution is 2.04. The Labute approximate surface area is 77.6 Å². The number of anilines is 1. The molecular formula is C9H12N4. The highest BCUT2D eigenvalue weighted by Gasteiger charge is 1.94. The van der Waals surface area contributed by atoms with Crippen molar-refractivity contribution in [2.24, 2.45) is 0 Å². The fourth-order valence-corrected chi connectivity index (χ4v) is 0.912. The van der Waals surface area contributed by atoms with Gasteiger partial charge in [-0.25, -0.2) is 4.98 Å². The SMILES string of the molecule is CNCCNc1cc(C#N)ccn1. The molecule has 0 saturated carbocycles. The first-order chi connectivity index (χ1) is 6.36. The van der Waals surface area contributed by atoms with Crippen molar-refractivity contribution < 1.29 is 0 Å². The van der Waals surface area contributed by atoms with E-state index in [0.717, 1.165) is 18.9 Å². The quantitative estimate of drug-likeness (QED) is 0.659. The number of nitriles is 1. The number of nitrogens with one attached hydrogen (secondary N) is 2. The summed E-state index contributed by atoms with van der Waals surface area (Å²) in [4.78, 5) is 4.07. The van der Waals surface area contributed by atoms with E-state index >= 15 is 0 Å². The van der Waals surface area contributed by atoms with Crippen molar-refractivity contribution in [2.75, 3.05) is 25.5 Å². The first-order valence-corrected chi connectivity index (χ1v) is 4.11. The molecule has 0 unspecified atom stereocenters. The molecule has 0 aliphatic rings. The minimum atomic E-state index is 0.627. The van der Waals surface area contributed by atoms with Gasteiger partial charge in [0, 0.05) is 19.3 Å². The third-order valence-corrected chi connectivity index (χ3v) is 1.57. The maximum Gasteiger partial charge on any atom is 0.127 e. The first-order valence-electron chi connectivity index (χ1n) is 4.11. The van der Waals surface area contributed by atoms with Gasteiger partial charge < -0.3 is 10.6 Å².